The molecule has 3 aromatic rings. The molecule has 4 rings (SSSR count). The van der Waals surface area contributed by atoms with Crippen molar-refractivity contribution in [2.75, 3.05) is 44.8 Å². The molecule has 0 spiro atoms. The Labute approximate surface area is 195 Å². The van der Waals surface area contributed by atoms with E-state index in [1.807, 2.05) is 29.2 Å². The molecular weight excluding hydrogens is 449 g/mol. The molecule has 0 bridgehead atoms. The maximum atomic E-state index is 12.8. The molecule has 0 aliphatic carbocycles. The third-order valence-corrected chi connectivity index (χ3v) is 5.77. The molecular formula is C24H27F3N4O3. The summed E-state index contributed by atoms with van der Waals surface area (Å²) < 4.78 is 47.2. The summed E-state index contributed by atoms with van der Waals surface area (Å²) in [4.78, 5) is 24.9. The van der Waals surface area contributed by atoms with E-state index in [2.05, 4.69) is 14.9 Å². The molecule has 1 N–H and O–H groups in total. The molecule has 1 fully saturated rings. The van der Waals surface area contributed by atoms with Gasteiger partial charge in [0.25, 0.3) is 0 Å². The van der Waals surface area contributed by atoms with E-state index in [4.69, 9.17) is 9.47 Å². The number of aromatic nitrogens is 2. The summed E-state index contributed by atoms with van der Waals surface area (Å²) >= 11 is 0. The van der Waals surface area contributed by atoms with Crippen molar-refractivity contribution in [1.82, 2.24) is 14.9 Å². The summed E-state index contributed by atoms with van der Waals surface area (Å²) in [6.45, 7) is 1.37. The summed E-state index contributed by atoms with van der Waals surface area (Å²) in [6.07, 6.45) is -2.83. The molecule has 10 heteroatoms. The Bertz CT molecular complexity index is 1100. The minimum atomic E-state index is -4.43. The largest absolute Gasteiger partial charge is 0.493 e. The highest BCUT2D eigenvalue weighted by Crippen LogP contribution is 2.30. The molecule has 1 saturated heterocycles. The number of rotatable bonds is 7. The lowest BCUT2D eigenvalue weighted by Crippen LogP contribution is -2.35. The van der Waals surface area contributed by atoms with Crippen LogP contribution in [0.1, 0.15) is 18.4 Å². The number of alkyl halides is 3. The predicted molar refractivity (Wildman–Crippen MR) is 122 cm³/mol. The average Bonchev–Trinajstić information content (AvgIpc) is 3.10. The Kier molecular flexibility index (Phi) is 7.14. The van der Waals surface area contributed by atoms with E-state index in [-0.39, 0.29) is 17.4 Å². The fourth-order valence-electron chi connectivity index (χ4n) is 4.02. The molecule has 0 unspecified atom stereocenters. The van der Waals surface area contributed by atoms with Crippen LogP contribution in [-0.2, 0) is 11.2 Å². The number of para-hydroxylation sites is 2. The highest BCUT2D eigenvalue weighted by molar-refractivity contribution is 5.78. The Hall–Kier alpha value is -3.43. The van der Waals surface area contributed by atoms with Crippen LogP contribution >= 0.6 is 0 Å². The van der Waals surface area contributed by atoms with E-state index in [9.17, 15) is 18.0 Å². The number of ether oxygens (including phenoxy) is 2. The van der Waals surface area contributed by atoms with Crippen molar-refractivity contribution in [2.24, 2.45) is 0 Å². The first-order valence-electron chi connectivity index (χ1n) is 11.2. The summed E-state index contributed by atoms with van der Waals surface area (Å²) in [6, 6.07) is 12.6. The van der Waals surface area contributed by atoms with E-state index in [1.54, 1.807) is 12.1 Å². The fourth-order valence-corrected chi connectivity index (χ4v) is 4.02. The molecule has 1 aromatic heterocycles. The second-order valence-electron chi connectivity index (χ2n) is 8.19. The number of hydrogen-bond donors (Lipinski definition) is 1. The van der Waals surface area contributed by atoms with Crippen molar-refractivity contribution >= 4 is 22.9 Å². The normalized spacial score (nSPS) is 14.8. The number of nitrogens with one attached hydrogen (secondary N) is 1. The maximum Gasteiger partial charge on any atom is 0.422 e. The minimum Gasteiger partial charge on any atom is -0.493 e. The number of benzene rings is 2. The van der Waals surface area contributed by atoms with E-state index in [0.717, 1.165) is 35.5 Å². The zero-order valence-electron chi connectivity index (χ0n) is 18.9. The first kappa shape index (κ1) is 23.7. The van der Waals surface area contributed by atoms with Gasteiger partial charge in [0.15, 0.2) is 18.1 Å². The van der Waals surface area contributed by atoms with Gasteiger partial charge in [-0.3, -0.25) is 4.79 Å². The quantitative estimate of drug-likeness (QED) is 0.554. The topological polar surface area (TPSA) is 70.7 Å². The number of hydrogen-bond acceptors (Lipinski definition) is 5. The maximum absolute atomic E-state index is 12.8. The van der Waals surface area contributed by atoms with Gasteiger partial charge in [-0.2, -0.15) is 13.2 Å². The number of nitrogens with zero attached hydrogens (tertiary/aromatic N) is 3. The number of aromatic amines is 1. The van der Waals surface area contributed by atoms with Crippen LogP contribution < -0.4 is 14.4 Å². The van der Waals surface area contributed by atoms with Gasteiger partial charge in [-0.15, -0.1) is 0 Å². The van der Waals surface area contributed by atoms with Gasteiger partial charge in [-0.25, -0.2) is 4.98 Å². The Morgan fingerprint density at radius 1 is 1.09 bits per heavy atom. The van der Waals surface area contributed by atoms with Gasteiger partial charge in [0.05, 0.1) is 18.1 Å². The van der Waals surface area contributed by atoms with E-state index in [0.29, 0.717) is 32.5 Å². The number of amides is 1. The van der Waals surface area contributed by atoms with Crippen LogP contribution in [0.2, 0.25) is 0 Å². The van der Waals surface area contributed by atoms with Gasteiger partial charge < -0.3 is 24.3 Å². The highest BCUT2D eigenvalue weighted by atomic mass is 19.4. The van der Waals surface area contributed by atoms with Crippen molar-refractivity contribution in [2.45, 2.75) is 25.4 Å². The SMILES string of the molecule is COc1cc(CCC(=O)N2CCCN(c3nc4ccccc4[nH]3)CC2)ccc1OCC(F)(F)F. The molecule has 2 aromatic carbocycles. The van der Waals surface area contributed by atoms with Crippen LogP contribution in [0.3, 0.4) is 0 Å². The number of imidazole rings is 1. The number of halogens is 3. The first-order chi connectivity index (χ1) is 16.3. The van der Waals surface area contributed by atoms with Gasteiger partial charge in [0.1, 0.15) is 0 Å². The third kappa shape index (κ3) is 5.92. The van der Waals surface area contributed by atoms with Crippen molar-refractivity contribution in [3.63, 3.8) is 0 Å². The highest BCUT2D eigenvalue weighted by Gasteiger charge is 2.29. The standard InChI is InChI=1S/C24H27F3N4O3/c1-33-21-15-17(7-9-20(21)34-16-24(25,26)27)8-10-22(32)30-11-4-12-31(14-13-30)23-28-18-5-2-3-6-19(18)29-23/h2-3,5-7,9,15H,4,8,10-14,16H2,1H3,(H,28,29). The molecule has 1 aliphatic rings. The van der Waals surface area contributed by atoms with E-state index < -0.39 is 12.8 Å². The summed E-state index contributed by atoms with van der Waals surface area (Å²) in [5, 5.41) is 0. The Morgan fingerprint density at radius 3 is 2.68 bits per heavy atom. The molecule has 2 heterocycles. The van der Waals surface area contributed by atoms with Crippen LogP contribution in [-0.4, -0.2) is 66.8 Å². The molecule has 0 atom stereocenters. The molecule has 0 saturated carbocycles. The zero-order valence-corrected chi connectivity index (χ0v) is 18.9. The average molecular weight is 476 g/mol. The summed E-state index contributed by atoms with van der Waals surface area (Å²) in [5.74, 6) is 1.09. The minimum absolute atomic E-state index is 0.0214. The number of methoxy groups -OCH3 is 1. The monoisotopic (exact) mass is 476 g/mol. The third-order valence-electron chi connectivity index (χ3n) is 5.77. The predicted octanol–water partition coefficient (Wildman–Crippen LogP) is 4.18. The van der Waals surface area contributed by atoms with Gasteiger partial charge in [0.2, 0.25) is 11.9 Å². The van der Waals surface area contributed by atoms with Crippen LogP contribution in [0.5, 0.6) is 11.5 Å². The second kappa shape index (κ2) is 10.2. The molecule has 1 amide bonds. The van der Waals surface area contributed by atoms with Gasteiger partial charge in [-0.1, -0.05) is 18.2 Å². The van der Waals surface area contributed by atoms with Gasteiger partial charge in [-0.05, 0) is 42.7 Å². The van der Waals surface area contributed by atoms with E-state index in [1.165, 1.54) is 13.2 Å². The van der Waals surface area contributed by atoms with Crippen molar-refractivity contribution in [3.05, 3.63) is 48.0 Å². The van der Waals surface area contributed by atoms with Gasteiger partial charge in [0, 0.05) is 32.6 Å². The van der Waals surface area contributed by atoms with Gasteiger partial charge >= 0.3 is 6.18 Å². The molecule has 1 aliphatic heterocycles. The van der Waals surface area contributed by atoms with Crippen molar-refractivity contribution in [3.8, 4) is 11.5 Å². The number of H-pyrrole nitrogens is 1. The van der Waals surface area contributed by atoms with Crippen molar-refractivity contribution < 1.29 is 27.4 Å². The van der Waals surface area contributed by atoms with Crippen LogP contribution in [0, 0.1) is 0 Å². The summed E-state index contributed by atoms with van der Waals surface area (Å²) in [7, 11) is 1.37. The Balaban J connectivity index is 1.31. The molecule has 34 heavy (non-hydrogen) atoms. The lowest BCUT2D eigenvalue weighted by atomic mass is 10.1. The summed E-state index contributed by atoms with van der Waals surface area (Å²) in [5.41, 5.74) is 2.70. The first-order valence-corrected chi connectivity index (χ1v) is 11.2. The number of carbonyl (C=O) groups is 1. The van der Waals surface area contributed by atoms with Crippen LogP contribution in [0.25, 0.3) is 11.0 Å². The number of aryl methyl sites for hydroxylation is 1. The smallest absolute Gasteiger partial charge is 0.422 e. The van der Waals surface area contributed by atoms with Crippen LogP contribution in [0.15, 0.2) is 42.5 Å². The molecule has 182 valence electrons. The van der Waals surface area contributed by atoms with Crippen molar-refractivity contribution in [1.29, 1.82) is 0 Å². The van der Waals surface area contributed by atoms with Crippen LogP contribution in [0.4, 0.5) is 19.1 Å². The number of fused-ring (bicyclic) bond motifs is 1. The lowest BCUT2D eigenvalue weighted by Gasteiger charge is -2.22. The number of carbonyl (C=O) groups excluding carboxylic acids is 1. The number of anilines is 1. The Morgan fingerprint density at radius 2 is 1.91 bits per heavy atom. The second-order valence-corrected chi connectivity index (χ2v) is 8.19. The zero-order chi connectivity index (χ0) is 24.1. The van der Waals surface area contributed by atoms with E-state index >= 15 is 0 Å². The molecule has 7 nitrogen and oxygen atoms in total. The molecule has 0 radical (unpaired) electrons. The fraction of sp³-hybridized carbons (Fsp3) is 0.417. The lowest BCUT2D eigenvalue weighted by molar-refractivity contribution is -0.153.